The molecule has 1 N–H and O–H groups in total. The highest BCUT2D eigenvalue weighted by molar-refractivity contribution is 7.99. The summed E-state index contributed by atoms with van der Waals surface area (Å²) in [5.74, 6) is 0.420. The third-order valence-electron chi connectivity index (χ3n) is 3.36. The van der Waals surface area contributed by atoms with Gasteiger partial charge in [0.15, 0.2) is 5.16 Å². The van der Waals surface area contributed by atoms with E-state index in [1.807, 2.05) is 32.0 Å². The van der Waals surface area contributed by atoms with Crippen LogP contribution in [0.2, 0.25) is 0 Å². The topological polar surface area (TPSA) is 56.2 Å². The molecule has 2 aromatic rings. The average Bonchev–Trinajstić information content (AvgIpc) is 2.89. The molecule has 0 radical (unpaired) electrons. The number of imidazole rings is 1. The number of nitrogens with one attached hydrogen (secondary N) is 1. The number of rotatable bonds is 9. The molecule has 0 spiro atoms. The van der Waals surface area contributed by atoms with E-state index in [1.165, 1.54) is 11.8 Å². The van der Waals surface area contributed by atoms with Crippen LogP contribution in [0.25, 0.3) is 11.0 Å². The van der Waals surface area contributed by atoms with Crippen molar-refractivity contribution in [1.29, 1.82) is 0 Å². The highest BCUT2D eigenvalue weighted by atomic mass is 32.2. The van der Waals surface area contributed by atoms with Crippen LogP contribution in [0.3, 0.4) is 0 Å². The van der Waals surface area contributed by atoms with Crippen molar-refractivity contribution in [2.75, 3.05) is 18.9 Å². The molecule has 0 unspecified atom stereocenters. The fraction of sp³-hybridized carbons (Fsp3) is 0.529. The van der Waals surface area contributed by atoms with Gasteiger partial charge in [-0.2, -0.15) is 0 Å². The molecule has 0 aliphatic carbocycles. The lowest BCUT2D eigenvalue weighted by atomic mass is 10.3. The van der Waals surface area contributed by atoms with Crippen molar-refractivity contribution in [3.8, 4) is 0 Å². The minimum absolute atomic E-state index is 0.0363. The van der Waals surface area contributed by atoms with Gasteiger partial charge in [0.25, 0.3) is 0 Å². The normalized spacial score (nSPS) is 11.3. The first-order chi connectivity index (χ1) is 11.1. The number of ether oxygens (including phenoxy) is 1. The maximum absolute atomic E-state index is 11.9. The van der Waals surface area contributed by atoms with E-state index in [9.17, 15) is 4.79 Å². The van der Waals surface area contributed by atoms with Crippen molar-refractivity contribution < 1.29 is 9.53 Å². The van der Waals surface area contributed by atoms with Crippen molar-refractivity contribution in [3.05, 3.63) is 24.3 Å². The summed E-state index contributed by atoms with van der Waals surface area (Å²) in [6, 6.07) is 8.05. The molecule has 1 heterocycles. The van der Waals surface area contributed by atoms with Crippen LogP contribution in [0.5, 0.6) is 0 Å². The second-order valence-electron chi connectivity index (χ2n) is 5.54. The molecule has 126 valence electrons. The highest BCUT2D eigenvalue weighted by Crippen LogP contribution is 2.23. The number of aromatic nitrogens is 2. The molecule has 1 aromatic heterocycles. The fourth-order valence-corrected chi connectivity index (χ4v) is 3.18. The van der Waals surface area contributed by atoms with Crippen LogP contribution in [0.1, 0.15) is 27.2 Å². The number of nitrogens with zero attached hydrogens (tertiary/aromatic N) is 2. The van der Waals surface area contributed by atoms with Crippen LogP contribution in [-0.4, -0.2) is 40.5 Å². The molecular weight excluding hydrogens is 310 g/mol. The lowest BCUT2D eigenvalue weighted by molar-refractivity contribution is -0.118. The number of hydrogen-bond acceptors (Lipinski definition) is 4. The van der Waals surface area contributed by atoms with Gasteiger partial charge >= 0.3 is 0 Å². The largest absolute Gasteiger partial charge is 0.379 e. The summed E-state index contributed by atoms with van der Waals surface area (Å²) in [4.78, 5) is 16.5. The number of benzene rings is 1. The molecule has 1 amide bonds. The van der Waals surface area contributed by atoms with Crippen LogP contribution < -0.4 is 5.32 Å². The Hall–Kier alpha value is -1.53. The number of fused-ring (bicyclic) bond motifs is 1. The van der Waals surface area contributed by atoms with E-state index in [0.717, 1.165) is 29.2 Å². The summed E-state index contributed by atoms with van der Waals surface area (Å²) in [5, 5.41) is 3.82. The Morgan fingerprint density at radius 3 is 2.91 bits per heavy atom. The summed E-state index contributed by atoms with van der Waals surface area (Å²) in [6.07, 6.45) is 1.07. The number of para-hydroxylation sites is 2. The van der Waals surface area contributed by atoms with E-state index in [-0.39, 0.29) is 12.0 Å². The van der Waals surface area contributed by atoms with E-state index in [2.05, 4.69) is 27.9 Å². The summed E-state index contributed by atoms with van der Waals surface area (Å²) in [5.41, 5.74) is 2.09. The predicted molar refractivity (Wildman–Crippen MR) is 94.8 cm³/mol. The smallest absolute Gasteiger partial charge is 0.230 e. The maximum atomic E-state index is 11.9. The lowest BCUT2D eigenvalue weighted by Crippen LogP contribution is -2.27. The van der Waals surface area contributed by atoms with Crippen LogP contribution in [0.15, 0.2) is 29.4 Å². The van der Waals surface area contributed by atoms with Gasteiger partial charge in [-0.3, -0.25) is 4.79 Å². The average molecular weight is 335 g/mol. The zero-order chi connectivity index (χ0) is 16.7. The van der Waals surface area contributed by atoms with Crippen LogP contribution in [-0.2, 0) is 16.1 Å². The molecular formula is C17H25N3O2S. The van der Waals surface area contributed by atoms with E-state index in [4.69, 9.17) is 4.74 Å². The molecule has 0 saturated carbocycles. The standard InChI is InChI=1S/C17H25N3O2S/c1-4-20-15-9-6-5-8-14(15)19-17(20)23-12-16(21)18-10-7-11-22-13(2)3/h5-6,8-9,13H,4,7,10-12H2,1-3H3,(H,18,21). The highest BCUT2D eigenvalue weighted by Gasteiger charge is 2.11. The van der Waals surface area contributed by atoms with Crippen LogP contribution in [0, 0.1) is 0 Å². The molecule has 0 aliphatic heterocycles. The molecule has 2 rings (SSSR count). The number of amides is 1. The van der Waals surface area contributed by atoms with Gasteiger partial charge in [0.2, 0.25) is 5.91 Å². The van der Waals surface area contributed by atoms with Gasteiger partial charge in [-0.1, -0.05) is 23.9 Å². The van der Waals surface area contributed by atoms with Crippen molar-refractivity contribution in [1.82, 2.24) is 14.9 Å². The first kappa shape index (κ1) is 17.8. The minimum atomic E-state index is 0.0363. The quantitative estimate of drug-likeness (QED) is 0.565. The first-order valence-corrected chi connectivity index (χ1v) is 9.06. The molecule has 0 bridgehead atoms. The van der Waals surface area contributed by atoms with E-state index < -0.39 is 0 Å². The van der Waals surface area contributed by atoms with Gasteiger partial charge in [0.1, 0.15) is 0 Å². The van der Waals surface area contributed by atoms with E-state index in [1.54, 1.807) is 0 Å². The summed E-state index contributed by atoms with van der Waals surface area (Å²) in [7, 11) is 0. The van der Waals surface area contributed by atoms with Crippen molar-refractivity contribution >= 4 is 28.7 Å². The molecule has 1 aromatic carbocycles. The molecule has 0 saturated heterocycles. The number of thioether (sulfide) groups is 1. The third kappa shape index (κ3) is 5.25. The molecule has 6 heteroatoms. The Morgan fingerprint density at radius 1 is 1.39 bits per heavy atom. The molecule has 0 fully saturated rings. The number of carbonyl (C=O) groups excluding carboxylic acids is 1. The van der Waals surface area contributed by atoms with Gasteiger partial charge in [-0.05, 0) is 39.3 Å². The van der Waals surface area contributed by atoms with Crippen molar-refractivity contribution in [3.63, 3.8) is 0 Å². The van der Waals surface area contributed by atoms with Gasteiger partial charge in [-0.15, -0.1) is 0 Å². The van der Waals surface area contributed by atoms with Gasteiger partial charge < -0.3 is 14.6 Å². The van der Waals surface area contributed by atoms with Crippen molar-refractivity contribution in [2.45, 2.75) is 45.0 Å². The Kier molecular flexibility index (Phi) is 6.92. The molecule has 0 aliphatic rings. The maximum Gasteiger partial charge on any atom is 0.230 e. The van der Waals surface area contributed by atoms with E-state index in [0.29, 0.717) is 18.9 Å². The van der Waals surface area contributed by atoms with E-state index >= 15 is 0 Å². The number of carbonyl (C=O) groups is 1. The van der Waals surface area contributed by atoms with Gasteiger partial charge in [0, 0.05) is 19.7 Å². The fourth-order valence-electron chi connectivity index (χ4n) is 2.27. The van der Waals surface area contributed by atoms with Gasteiger partial charge in [-0.25, -0.2) is 4.98 Å². The number of aryl methyl sites for hydroxylation is 1. The summed E-state index contributed by atoms with van der Waals surface area (Å²) >= 11 is 1.48. The summed E-state index contributed by atoms with van der Waals surface area (Å²) in [6.45, 7) is 8.28. The molecule has 5 nitrogen and oxygen atoms in total. The minimum Gasteiger partial charge on any atom is -0.379 e. The first-order valence-electron chi connectivity index (χ1n) is 8.08. The monoisotopic (exact) mass is 335 g/mol. The second-order valence-corrected chi connectivity index (χ2v) is 6.48. The third-order valence-corrected chi connectivity index (χ3v) is 4.34. The Balaban J connectivity index is 1.80. The Bertz CT molecular complexity index is 640. The number of hydrogen-bond donors (Lipinski definition) is 1. The SMILES string of the molecule is CCn1c(SCC(=O)NCCCOC(C)C)nc2ccccc21. The Morgan fingerprint density at radius 2 is 2.17 bits per heavy atom. The molecule has 23 heavy (non-hydrogen) atoms. The second kappa shape index (κ2) is 8.93. The van der Waals surface area contributed by atoms with Gasteiger partial charge in [0.05, 0.1) is 22.9 Å². The predicted octanol–water partition coefficient (Wildman–Crippen LogP) is 3.08. The van der Waals surface area contributed by atoms with Crippen molar-refractivity contribution in [2.24, 2.45) is 0 Å². The zero-order valence-electron chi connectivity index (χ0n) is 14.0. The zero-order valence-corrected chi connectivity index (χ0v) is 14.9. The van der Waals surface area contributed by atoms with Crippen LogP contribution >= 0.6 is 11.8 Å². The van der Waals surface area contributed by atoms with Crippen LogP contribution in [0.4, 0.5) is 0 Å². The summed E-state index contributed by atoms with van der Waals surface area (Å²) < 4.78 is 7.59. The molecule has 0 atom stereocenters. The lowest BCUT2D eigenvalue weighted by Gasteiger charge is -2.08. The Labute approximate surface area is 141 Å².